The van der Waals surface area contributed by atoms with Crippen molar-refractivity contribution >= 4 is 15.9 Å². The van der Waals surface area contributed by atoms with Crippen molar-refractivity contribution in [2.75, 3.05) is 27.7 Å². The highest BCUT2D eigenvalue weighted by atomic mass is 32.2. The van der Waals surface area contributed by atoms with Gasteiger partial charge in [0, 0.05) is 32.2 Å². The summed E-state index contributed by atoms with van der Waals surface area (Å²) in [7, 11) is 0.553. The van der Waals surface area contributed by atoms with Crippen molar-refractivity contribution in [1.82, 2.24) is 9.62 Å². The van der Waals surface area contributed by atoms with Crippen molar-refractivity contribution in [2.24, 2.45) is 11.7 Å². The number of sulfonamides is 1. The van der Waals surface area contributed by atoms with Crippen LogP contribution in [-0.2, 0) is 10.0 Å². The summed E-state index contributed by atoms with van der Waals surface area (Å²) in [5, 5.41) is 2.98. The van der Waals surface area contributed by atoms with Gasteiger partial charge in [-0.2, -0.15) is 0 Å². The zero-order chi connectivity index (χ0) is 19.3. The number of rotatable bonds is 7. The molecule has 1 saturated carbocycles. The maximum Gasteiger partial charge on any atom is 0.251 e. The lowest BCUT2D eigenvalue weighted by molar-refractivity contribution is 0.0915. The van der Waals surface area contributed by atoms with E-state index in [0.717, 1.165) is 30.0 Å². The lowest BCUT2D eigenvalue weighted by Crippen LogP contribution is -2.45. The number of ether oxygens (including phenoxy) is 1. The number of hydrogen-bond acceptors (Lipinski definition) is 5. The molecule has 0 saturated heterocycles. The highest BCUT2D eigenvalue weighted by molar-refractivity contribution is 7.89. The van der Waals surface area contributed by atoms with Crippen molar-refractivity contribution < 1.29 is 17.9 Å². The third-order valence-electron chi connectivity index (χ3n) is 4.97. The Hall–Kier alpha value is -1.64. The van der Waals surface area contributed by atoms with E-state index in [9.17, 15) is 13.2 Å². The second kappa shape index (κ2) is 8.83. The first-order chi connectivity index (χ1) is 12.3. The maximum absolute atomic E-state index is 12.7. The van der Waals surface area contributed by atoms with Gasteiger partial charge in [-0.1, -0.05) is 19.3 Å². The average molecular weight is 384 g/mol. The molecule has 1 aliphatic rings. The van der Waals surface area contributed by atoms with E-state index in [0.29, 0.717) is 12.5 Å². The SMILES string of the molecule is COc1ccc(C(=O)NC(CN)C2CCCCC2)cc1S(=O)(=O)N(C)C. The molecule has 1 aromatic carbocycles. The van der Waals surface area contributed by atoms with Crippen LogP contribution in [0.15, 0.2) is 23.1 Å². The molecule has 1 amide bonds. The van der Waals surface area contributed by atoms with Crippen molar-refractivity contribution in [3.05, 3.63) is 23.8 Å². The molecule has 2 rings (SSSR count). The van der Waals surface area contributed by atoms with Gasteiger partial charge in [-0.25, -0.2) is 12.7 Å². The zero-order valence-corrected chi connectivity index (χ0v) is 16.5. The monoisotopic (exact) mass is 383 g/mol. The average Bonchev–Trinajstić information content (AvgIpc) is 2.65. The molecule has 0 aromatic heterocycles. The summed E-state index contributed by atoms with van der Waals surface area (Å²) >= 11 is 0. The molecule has 1 aromatic rings. The van der Waals surface area contributed by atoms with Crippen LogP contribution in [0.2, 0.25) is 0 Å². The van der Waals surface area contributed by atoms with Gasteiger partial charge in [-0.15, -0.1) is 0 Å². The molecular weight excluding hydrogens is 354 g/mol. The topological polar surface area (TPSA) is 102 Å². The van der Waals surface area contributed by atoms with E-state index in [1.165, 1.54) is 39.8 Å². The van der Waals surface area contributed by atoms with Crippen LogP contribution in [-0.4, -0.2) is 52.4 Å². The minimum absolute atomic E-state index is 0.0281. The summed E-state index contributed by atoms with van der Waals surface area (Å²) in [6.07, 6.45) is 5.66. The highest BCUT2D eigenvalue weighted by Crippen LogP contribution is 2.28. The lowest BCUT2D eigenvalue weighted by atomic mass is 9.84. The van der Waals surface area contributed by atoms with E-state index < -0.39 is 10.0 Å². The number of hydrogen-bond donors (Lipinski definition) is 2. The molecule has 1 atom stereocenters. The second-order valence-corrected chi connectivity index (χ2v) is 8.99. The van der Waals surface area contributed by atoms with Gasteiger partial charge in [0.25, 0.3) is 5.91 Å². The van der Waals surface area contributed by atoms with E-state index in [-0.39, 0.29) is 28.2 Å². The van der Waals surface area contributed by atoms with Crippen LogP contribution in [0.4, 0.5) is 0 Å². The summed E-state index contributed by atoms with van der Waals surface area (Å²) in [4.78, 5) is 12.7. The standard InChI is InChI=1S/C18H29N3O4S/c1-21(2)26(23,24)17-11-14(9-10-16(17)25-3)18(22)20-15(12-19)13-7-5-4-6-8-13/h9-11,13,15H,4-8,12,19H2,1-3H3,(H,20,22). The van der Waals surface area contributed by atoms with Crippen LogP contribution in [0.25, 0.3) is 0 Å². The zero-order valence-electron chi connectivity index (χ0n) is 15.7. The predicted octanol–water partition coefficient (Wildman–Crippen LogP) is 1.58. The number of benzene rings is 1. The summed E-state index contributed by atoms with van der Waals surface area (Å²) in [5.74, 6) is 0.266. The van der Waals surface area contributed by atoms with Gasteiger partial charge in [0.05, 0.1) is 7.11 Å². The Morgan fingerprint density at radius 2 is 1.96 bits per heavy atom. The van der Waals surface area contributed by atoms with E-state index >= 15 is 0 Å². The first-order valence-electron chi connectivity index (χ1n) is 8.92. The number of carbonyl (C=O) groups is 1. The van der Waals surface area contributed by atoms with E-state index in [2.05, 4.69) is 5.32 Å². The summed E-state index contributed by atoms with van der Waals surface area (Å²) in [5.41, 5.74) is 6.16. The Morgan fingerprint density at radius 3 is 2.50 bits per heavy atom. The summed E-state index contributed by atoms with van der Waals surface area (Å²) in [6, 6.07) is 4.33. The smallest absolute Gasteiger partial charge is 0.251 e. The van der Waals surface area contributed by atoms with Crippen molar-refractivity contribution in [1.29, 1.82) is 0 Å². The fourth-order valence-electron chi connectivity index (χ4n) is 3.37. The predicted molar refractivity (Wildman–Crippen MR) is 101 cm³/mol. The number of nitrogens with two attached hydrogens (primary N) is 1. The molecule has 7 nitrogen and oxygen atoms in total. The molecule has 1 fully saturated rings. The fraction of sp³-hybridized carbons (Fsp3) is 0.611. The number of methoxy groups -OCH3 is 1. The Balaban J connectivity index is 2.25. The number of nitrogens with zero attached hydrogens (tertiary/aromatic N) is 1. The maximum atomic E-state index is 12.7. The fourth-order valence-corrected chi connectivity index (χ4v) is 4.45. The number of carbonyl (C=O) groups excluding carboxylic acids is 1. The Bertz CT molecular complexity index is 728. The molecule has 8 heteroatoms. The minimum atomic E-state index is -3.73. The number of nitrogens with one attached hydrogen (secondary N) is 1. The molecule has 0 aliphatic heterocycles. The molecular formula is C18H29N3O4S. The van der Waals surface area contributed by atoms with Crippen molar-refractivity contribution in [3.63, 3.8) is 0 Å². The van der Waals surface area contributed by atoms with Gasteiger partial charge < -0.3 is 15.8 Å². The van der Waals surface area contributed by atoms with E-state index in [1.54, 1.807) is 6.07 Å². The molecule has 146 valence electrons. The molecule has 26 heavy (non-hydrogen) atoms. The van der Waals surface area contributed by atoms with Crippen LogP contribution in [0.3, 0.4) is 0 Å². The Kier molecular flexibility index (Phi) is 7.02. The molecule has 1 aliphatic carbocycles. The highest BCUT2D eigenvalue weighted by Gasteiger charge is 2.27. The van der Waals surface area contributed by atoms with Crippen LogP contribution < -0.4 is 15.8 Å². The Labute approximate surface area is 155 Å². The first kappa shape index (κ1) is 20.7. The summed E-state index contributed by atoms with van der Waals surface area (Å²) in [6.45, 7) is 0.370. The minimum Gasteiger partial charge on any atom is -0.495 e. The lowest BCUT2D eigenvalue weighted by Gasteiger charge is -2.30. The third-order valence-corrected chi connectivity index (χ3v) is 6.81. The van der Waals surface area contributed by atoms with Gasteiger partial charge >= 0.3 is 0 Å². The van der Waals surface area contributed by atoms with Crippen LogP contribution in [0.5, 0.6) is 5.75 Å². The van der Waals surface area contributed by atoms with Crippen molar-refractivity contribution in [3.8, 4) is 5.75 Å². The Morgan fingerprint density at radius 1 is 1.31 bits per heavy atom. The third kappa shape index (κ3) is 4.55. The molecule has 0 spiro atoms. The second-order valence-electron chi connectivity index (χ2n) is 6.87. The summed E-state index contributed by atoms with van der Waals surface area (Å²) < 4.78 is 31.3. The van der Waals surface area contributed by atoms with Gasteiger partial charge in [0.1, 0.15) is 10.6 Å². The molecule has 0 heterocycles. The van der Waals surface area contributed by atoms with Gasteiger partial charge in [-0.05, 0) is 37.0 Å². The molecule has 3 N–H and O–H groups in total. The first-order valence-corrected chi connectivity index (χ1v) is 10.4. The van der Waals surface area contributed by atoms with Crippen LogP contribution >= 0.6 is 0 Å². The molecule has 0 radical (unpaired) electrons. The molecule has 0 bridgehead atoms. The van der Waals surface area contributed by atoms with Gasteiger partial charge in [-0.3, -0.25) is 4.79 Å². The van der Waals surface area contributed by atoms with Gasteiger partial charge in [0.2, 0.25) is 10.0 Å². The van der Waals surface area contributed by atoms with Crippen LogP contribution in [0.1, 0.15) is 42.5 Å². The number of amides is 1. The largest absolute Gasteiger partial charge is 0.495 e. The molecule has 1 unspecified atom stereocenters. The van der Waals surface area contributed by atoms with Crippen molar-refractivity contribution in [2.45, 2.75) is 43.0 Å². The quantitative estimate of drug-likeness (QED) is 0.744. The van der Waals surface area contributed by atoms with Crippen LogP contribution in [0, 0.1) is 5.92 Å². The van der Waals surface area contributed by atoms with E-state index in [4.69, 9.17) is 10.5 Å². The van der Waals surface area contributed by atoms with Gasteiger partial charge in [0.15, 0.2) is 0 Å². The van der Waals surface area contributed by atoms with E-state index in [1.807, 2.05) is 0 Å². The normalized spacial score (nSPS) is 17.1.